The van der Waals surface area contributed by atoms with Gasteiger partial charge >= 0.3 is 0 Å². The van der Waals surface area contributed by atoms with Crippen molar-refractivity contribution < 1.29 is 0 Å². The zero-order chi connectivity index (χ0) is 25.2. The summed E-state index contributed by atoms with van der Waals surface area (Å²) in [5, 5.41) is 8.69. The van der Waals surface area contributed by atoms with Crippen LogP contribution in [0.15, 0.2) is 97.2 Å². The number of hydrogen-bond donors (Lipinski definition) is 1. The van der Waals surface area contributed by atoms with Gasteiger partial charge in [-0.3, -0.25) is 4.68 Å². The van der Waals surface area contributed by atoms with Gasteiger partial charge in [0.2, 0.25) is 0 Å². The van der Waals surface area contributed by atoms with Gasteiger partial charge < -0.3 is 10.2 Å². The zero-order valence-corrected chi connectivity index (χ0v) is 21.2. The van der Waals surface area contributed by atoms with Crippen molar-refractivity contribution in [2.45, 2.75) is 25.9 Å². The molecule has 3 heterocycles. The smallest absolute Gasteiger partial charge is 0.137 e. The number of aromatic nitrogens is 4. The van der Waals surface area contributed by atoms with E-state index in [2.05, 4.69) is 111 Å². The summed E-state index contributed by atoms with van der Waals surface area (Å²) in [4.78, 5) is 11.3. The minimum absolute atomic E-state index is 0.196. The van der Waals surface area contributed by atoms with Crippen molar-refractivity contribution in [1.29, 1.82) is 0 Å². The molecule has 1 atom stereocenters. The Morgan fingerprint density at radius 2 is 1.59 bits per heavy atom. The summed E-state index contributed by atoms with van der Waals surface area (Å²) >= 11 is 0. The van der Waals surface area contributed by atoms with Crippen LogP contribution in [0.3, 0.4) is 0 Å². The molecule has 0 radical (unpaired) electrons. The van der Waals surface area contributed by atoms with E-state index in [0.717, 1.165) is 58.4 Å². The molecule has 3 aromatic carbocycles. The molecule has 184 valence electrons. The largest absolute Gasteiger partial charge is 0.378 e. The lowest BCUT2D eigenvalue weighted by Gasteiger charge is -2.32. The van der Waals surface area contributed by atoms with E-state index in [1.54, 1.807) is 0 Å². The Hall–Kier alpha value is -4.45. The summed E-state index contributed by atoms with van der Waals surface area (Å²) in [5.74, 6) is 1.83. The summed E-state index contributed by atoms with van der Waals surface area (Å²) in [6.45, 7) is 3.60. The van der Waals surface area contributed by atoms with Crippen molar-refractivity contribution >= 4 is 11.5 Å². The quantitative estimate of drug-likeness (QED) is 0.303. The van der Waals surface area contributed by atoms with Crippen molar-refractivity contribution in [3.8, 4) is 22.5 Å². The first kappa shape index (κ1) is 23.0. The van der Waals surface area contributed by atoms with Gasteiger partial charge in [-0.15, -0.1) is 0 Å². The molecule has 1 aliphatic rings. The maximum Gasteiger partial charge on any atom is 0.137 e. The third-order valence-electron chi connectivity index (χ3n) is 6.95. The zero-order valence-electron chi connectivity index (χ0n) is 21.2. The Labute approximate surface area is 217 Å². The second-order valence-electron chi connectivity index (χ2n) is 9.60. The van der Waals surface area contributed by atoms with Crippen LogP contribution in [0.4, 0.5) is 11.5 Å². The van der Waals surface area contributed by atoms with Gasteiger partial charge in [0, 0.05) is 36.6 Å². The van der Waals surface area contributed by atoms with Gasteiger partial charge in [-0.05, 0) is 42.7 Å². The number of rotatable bonds is 6. The predicted octanol–water partition coefficient (Wildman–Crippen LogP) is 6.36. The van der Waals surface area contributed by atoms with E-state index in [0.29, 0.717) is 6.54 Å². The molecule has 0 saturated heterocycles. The van der Waals surface area contributed by atoms with Crippen LogP contribution in [-0.2, 0) is 6.54 Å². The first-order valence-electron chi connectivity index (χ1n) is 12.7. The van der Waals surface area contributed by atoms with Crippen LogP contribution in [-0.4, -0.2) is 33.3 Å². The van der Waals surface area contributed by atoms with Crippen molar-refractivity contribution in [3.05, 3.63) is 114 Å². The highest BCUT2D eigenvalue weighted by atomic mass is 15.3. The summed E-state index contributed by atoms with van der Waals surface area (Å²) in [5.41, 5.74) is 7.83. The van der Waals surface area contributed by atoms with Crippen LogP contribution < -0.4 is 10.2 Å². The van der Waals surface area contributed by atoms with Crippen molar-refractivity contribution in [3.63, 3.8) is 0 Å². The van der Waals surface area contributed by atoms with Gasteiger partial charge in [0.25, 0.3) is 0 Å². The molecule has 0 amide bonds. The van der Waals surface area contributed by atoms with Gasteiger partial charge in [0.1, 0.15) is 11.6 Å². The first-order chi connectivity index (χ1) is 18.1. The fourth-order valence-electron chi connectivity index (χ4n) is 4.96. The second kappa shape index (κ2) is 9.90. The molecular weight excluding hydrogens is 456 g/mol. The molecule has 0 bridgehead atoms. The highest BCUT2D eigenvalue weighted by molar-refractivity contribution is 5.69. The molecule has 2 aromatic heterocycles. The molecule has 37 heavy (non-hydrogen) atoms. The molecule has 5 aromatic rings. The number of aryl methyl sites for hydroxylation is 1. The summed E-state index contributed by atoms with van der Waals surface area (Å²) in [7, 11) is 2.10. The Bertz CT molecular complexity index is 1490. The number of nitrogens with zero attached hydrogens (tertiary/aromatic N) is 5. The Kier molecular flexibility index (Phi) is 6.15. The Morgan fingerprint density at radius 1 is 0.892 bits per heavy atom. The molecule has 0 spiro atoms. The van der Waals surface area contributed by atoms with Crippen molar-refractivity contribution in [2.24, 2.45) is 0 Å². The highest BCUT2D eigenvalue weighted by Crippen LogP contribution is 2.33. The fourth-order valence-corrected chi connectivity index (χ4v) is 4.96. The van der Waals surface area contributed by atoms with Gasteiger partial charge in [-0.1, -0.05) is 72.8 Å². The van der Waals surface area contributed by atoms with Crippen LogP contribution in [0, 0.1) is 6.92 Å². The van der Waals surface area contributed by atoms with Crippen LogP contribution in [0.5, 0.6) is 0 Å². The molecule has 0 aliphatic carbocycles. The lowest BCUT2D eigenvalue weighted by Crippen LogP contribution is -2.31. The fraction of sp³-hybridized carbons (Fsp3) is 0.194. The van der Waals surface area contributed by atoms with Crippen molar-refractivity contribution in [1.82, 2.24) is 19.7 Å². The van der Waals surface area contributed by atoms with Gasteiger partial charge in [-0.2, -0.15) is 5.10 Å². The summed E-state index contributed by atoms with van der Waals surface area (Å²) < 4.78 is 2.10. The molecule has 1 N–H and O–H groups in total. The van der Waals surface area contributed by atoms with Gasteiger partial charge in [0.15, 0.2) is 0 Å². The predicted molar refractivity (Wildman–Crippen MR) is 150 cm³/mol. The molecule has 6 nitrogen and oxygen atoms in total. The normalized spacial score (nSPS) is 14.9. The monoisotopic (exact) mass is 486 g/mol. The molecule has 6 rings (SSSR count). The number of hydrogen-bond acceptors (Lipinski definition) is 5. The van der Waals surface area contributed by atoms with Crippen LogP contribution in [0.1, 0.15) is 29.4 Å². The molecular formula is C31H30N6. The summed E-state index contributed by atoms with van der Waals surface area (Å²) in [6, 6.07) is 31.9. The van der Waals surface area contributed by atoms with E-state index in [1.807, 2.05) is 25.3 Å². The lowest BCUT2D eigenvalue weighted by molar-refractivity contribution is 0.632. The van der Waals surface area contributed by atoms with Crippen molar-refractivity contribution in [2.75, 3.05) is 23.8 Å². The number of anilines is 2. The average Bonchev–Trinajstić information content (AvgIpc) is 3.36. The van der Waals surface area contributed by atoms with E-state index < -0.39 is 0 Å². The average molecular weight is 487 g/mol. The number of nitrogens with one attached hydrogen (secondary N) is 1. The molecule has 6 heteroatoms. The summed E-state index contributed by atoms with van der Waals surface area (Å²) in [6.07, 6.45) is 2.97. The minimum atomic E-state index is 0.196. The maximum atomic E-state index is 4.99. The molecule has 0 saturated carbocycles. The third-order valence-corrected chi connectivity index (χ3v) is 6.95. The number of fused-ring (bicyclic) bond motifs is 1. The topological polar surface area (TPSA) is 58.9 Å². The van der Waals surface area contributed by atoms with E-state index in [4.69, 9.17) is 5.10 Å². The standard InChI is InChI=1S/C31H30N6/c1-22-32-20-27-28(17-18-36(2)31(27)33-22)34-26-15-13-23(14-16-26)21-37-30(25-11-7-4-8-12-25)19-29(35-37)24-9-5-3-6-10-24/h3-16,19-20,28,34H,17-18,21H2,1-2H3. The SMILES string of the molecule is Cc1ncc2c(n1)N(C)CCC2Nc1ccc(Cn2nc(-c3ccccc3)cc2-c2ccccc2)cc1. The molecule has 1 unspecified atom stereocenters. The van der Waals surface area contributed by atoms with E-state index in [9.17, 15) is 0 Å². The van der Waals surface area contributed by atoms with Crippen LogP contribution in [0.25, 0.3) is 22.5 Å². The lowest BCUT2D eigenvalue weighted by atomic mass is 10.0. The first-order valence-corrected chi connectivity index (χ1v) is 12.7. The molecule has 0 fully saturated rings. The second-order valence-corrected chi connectivity index (χ2v) is 9.60. The Morgan fingerprint density at radius 3 is 2.32 bits per heavy atom. The Balaban J connectivity index is 1.24. The van der Waals surface area contributed by atoms with Gasteiger partial charge in [-0.25, -0.2) is 9.97 Å². The highest BCUT2D eigenvalue weighted by Gasteiger charge is 2.25. The number of benzene rings is 3. The minimum Gasteiger partial charge on any atom is -0.378 e. The van der Waals surface area contributed by atoms with Crippen LogP contribution in [0.2, 0.25) is 0 Å². The van der Waals surface area contributed by atoms with E-state index in [-0.39, 0.29) is 6.04 Å². The molecule has 1 aliphatic heterocycles. The van der Waals surface area contributed by atoms with Gasteiger partial charge in [0.05, 0.1) is 24.0 Å². The van der Waals surface area contributed by atoms with Crippen LogP contribution >= 0.6 is 0 Å². The maximum absolute atomic E-state index is 4.99. The van der Waals surface area contributed by atoms with E-state index in [1.165, 1.54) is 5.56 Å². The van der Waals surface area contributed by atoms with E-state index >= 15 is 0 Å². The third kappa shape index (κ3) is 4.83.